The van der Waals surface area contributed by atoms with Crippen LogP contribution in [0, 0.1) is 11.8 Å². The number of carbonyl (C=O) groups excluding carboxylic acids is 1. The third kappa shape index (κ3) is 3.98. The van der Waals surface area contributed by atoms with Crippen LogP contribution in [0.15, 0.2) is 12.2 Å². The summed E-state index contributed by atoms with van der Waals surface area (Å²) in [5.74, 6) is -0.200. The lowest BCUT2D eigenvalue weighted by Gasteiger charge is -2.40. The fourth-order valence-corrected chi connectivity index (χ4v) is 4.32. The zero-order valence-corrected chi connectivity index (χ0v) is 16.2. The first-order chi connectivity index (χ1) is 12.1. The van der Waals surface area contributed by atoms with Crippen molar-refractivity contribution in [2.75, 3.05) is 0 Å². The topological polar surface area (TPSA) is 88.5 Å². The summed E-state index contributed by atoms with van der Waals surface area (Å²) < 4.78 is 11.5. The van der Waals surface area contributed by atoms with Crippen molar-refractivity contribution in [1.82, 2.24) is 0 Å². The summed E-state index contributed by atoms with van der Waals surface area (Å²) in [6.07, 6.45) is 7.34. The van der Waals surface area contributed by atoms with Gasteiger partial charge in [0.15, 0.2) is 0 Å². The number of epoxide rings is 1. The molecule has 7 atom stereocenters. The van der Waals surface area contributed by atoms with Crippen LogP contribution in [-0.4, -0.2) is 45.3 Å². The number of rotatable bonds is 1. The minimum atomic E-state index is -1.16. The van der Waals surface area contributed by atoms with Gasteiger partial charge in [-0.3, -0.25) is 10.1 Å². The maximum Gasteiger partial charge on any atom is 0.309 e. The third-order valence-corrected chi connectivity index (χ3v) is 6.71. The van der Waals surface area contributed by atoms with Crippen molar-refractivity contribution in [3.8, 4) is 0 Å². The highest BCUT2D eigenvalue weighted by molar-refractivity contribution is 5.73. The van der Waals surface area contributed by atoms with Crippen molar-refractivity contribution < 1.29 is 29.5 Å². The molecule has 0 amide bonds. The van der Waals surface area contributed by atoms with Gasteiger partial charge in [0.25, 0.3) is 0 Å². The Hall–Kier alpha value is -0.950. The molecule has 1 aliphatic carbocycles. The number of carbonyl (C=O) groups is 1. The molecule has 0 radical (unpaired) electrons. The first-order valence-corrected chi connectivity index (χ1v) is 9.69. The predicted octanol–water partition coefficient (Wildman–Crippen LogP) is 3.23. The zero-order chi connectivity index (χ0) is 19.2. The van der Waals surface area contributed by atoms with Crippen LogP contribution in [0.3, 0.4) is 0 Å². The second kappa shape index (κ2) is 6.89. The zero-order valence-electron chi connectivity index (χ0n) is 16.2. The van der Waals surface area contributed by atoms with Crippen LogP contribution >= 0.6 is 0 Å². The van der Waals surface area contributed by atoms with Gasteiger partial charge in [-0.25, -0.2) is 4.89 Å². The van der Waals surface area contributed by atoms with Gasteiger partial charge in [-0.1, -0.05) is 19.1 Å². The molecule has 0 spiro atoms. The maximum absolute atomic E-state index is 12.3. The van der Waals surface area contributed by atoms with E-state index in [0.717, 1.165) is 19.3 Å². The molecule has 2 bridgehead atoms. The monoisotopic (exact) mass is 368 g/mol. The summed E-state index contributed by atoms with van der Waals surface area (Å²) in [7, 11) is 0. The molecule has 6 heteroatoms. The summed E-state index contributed by atoms with van der Waals surface area (Å²) in [5.41, 5.74) is -2.16. The quantitative estimate of drug-likeness (QED) is 0.243. The van der Waals surface area contributed by atoms with Crippen LogP contribution < -0.4 is 0 Å². The normalized spacial score (nSPS) is 50.9. The van der Waals surface area contributed by atoms with Crippen LogP contribution in [0.25, 0.3) is 0 Å². The summed E-state index contributed by atoms with van der Waals surface area (Å²) in [6, 6.07) is 0. The Balaban J connectivity index is 1.83. The van der Waals surface area contributed by atoms with Crippen molar-refractivity contribution >= 4 is 5.97 Å². The predicted molar refractivity (Wildman–Crippen MR) is 95.4 cm³/mol. The number of aliphatic hydroxyl groups is 1. The molecular weight excluding hydrogens is 336 g/mol. The van der Waals surface area contributed by atoms with Gasteiger partial charge in [-0.2, -0.15) is 0 Å². The minimum absolute atomic E-state index is 0.151. The molecule has 3 aliphatic rings. The Morgan fingerprint density at radius 1 is 1.19 bits per heavy atom. The molecular formula is C20H32O6. The molecule has 6 nitrogen and oxygen atoms in total. The molecule has 0 aromatic heterocycles. The smallest absolute Gasteiger partial charge is 0.309 e. The molecule has 0 aromatic carbocycles. The van der Waals surface area contributed by atoms with Crippen LogP contribution in [0.1, 0.15) is 66.2 Å². The molecule has 148 valence electrons. The summed E-state index contributed by atoms with van der Waals surface area (Å²) in [4.78, 5) is 17.0. The molecule has 0 unspecified atom stereocenters. The van der Waals surface area contributed by atoms with E-state index in [0.29, 0.717) is 19.3 Å². The lowest BCUT2D eigenvalue weighted by Crippen LogP contribution is -2.49. The van der Waals surface area contributed by atoms with Gasteiger partial charge >= 0.3 is 5.97 Å². The molecule has 26 heavy (non-hydrogen) atoms. The van der Waals surface area contributed by atoms with Gasteiger partial charge < -0.3 is 14.6 Å². The largest absolute Gasteiger partial charge is 0.459 e. The number of esters is 1. The summed E-state index contributed by atoms with van der Waals surface area (Å²) >= 11 is 0. The first kappa shape index (κ1) is 19.8. The summed E-state index contributed by atoms with van der Waals surface area (Å²) in [5, 5.41) is 20.2. The van der Waals surface area contributed by atoms with Crippen molar-refractivity contribution in [1.29, 1.82) is 0 Å². The Kier molecular flexibility index (Phi) is 5.25. The molecule has 2 fully saturated rings. The average molecular weight is 368 g/mol. The van der Waals surface area contributed by atoms with E-state index in [9.17, 15) is 15.2 Å². The van der Waals surface area contributed by atoms with Crippen LogP contribution in [0.4, 0.5) is 0 Å². The maximum atomic E-state index is 12.3. The molecule has 0 aromatic rings. The number of hydrogen-bond donors (Lipinski definition) is 2. The molecule has 2 aliphatic heterocycles. The van der Waals surface area contributed by atoms with Gasteiger partial charge in [0.1, 0.15) is 17.3 Å². The van der Waals surface area contributed by atoms with Crippen molar-refractivity contribution in [2.45, 2.75) is 95.2 Å². The number of fused-ring (bicyclic) bond motifs is 3. The van der Waals surface area contributed by atoms with Gasteiger partial charge in [0.2, 0.25) is 0 Å². The van der Waals surface area contributed by atoms with Gasteiger partial charge in [-0.05, 0) is 65.2 Å². The molecule has 2 heterocycles. The van der Waals surface area contributed by atoms with Crippen LogP contribution in [-0.2, 0) is 19.2 Å². The lowest BCUT2D eigenvalue weighted by molar-refractivity contribution is -0.304. The van der Waals surface area contributed by atoms with Gasteiger partial charge in [0, 0.05) is 0 Å². The van der Waals surface area contributed by atoms with E-state index in [1.165, 1.54) is 0 Å². The summed E-state index contributed by atoms with van der Waals surface area (Å²) in [6.45, 7) is 7.53. The number of hydrogen-bond acceptors (Lipinski definition) is 6. The second-order valence-corrected chi connectivity index (χ2v) is 9.07. The Bertz CT molecular complexity index is 573. The molecule has 2 saturated heterocycles. The van der Waals surface area contributed by atoms with E-state index < -0.39 is 17.3 Å². The van der Waals surface area contributed by atoms with Crippen molar-refractivity contribution in [3.05, 3.63) is 12.2 Å². The Morgan fingerprint density at radius 2 is 1.92 bits per heavy atom. The van der Waals surface area contributed by atoms with Crippen molar-refractivity contribution in [3.63, 3.8) is 0 Å². The highest BCUT2D eigenvalue weighted by atomic mass is 17.1. The fourth-order valence-electron chi connectivity index (χ4n) is 4.32. The average Bonchev–Trinajstić information content (AvgIpc) is 3.24. The van der Waals surface area contributed by atoms with Crippen molar-refractivity contribution in [2.24, 2.45) is 11.8 Å². The molecule has 0 saturated carbocycles. The first-order valence-electron chi connectivity index (χ1n) is 9.69. The minimum Gasteiger partial charge on any atom is -0.459 e. The van der Waals surface area contributed by atoms with Gasteiger partial charge in [0.05, 0.1) is 17.6 Å². The van der Waals surface area contributed by atoms with E-state index in [-0.39, 0.29) is 29.5 Å². The van der Waals surface area contributed by atoms with Crippen LogP contribution in [0.5, 0.6) is 0 Å². The number of ether oxygens (including phenoxy) is 2. The fraction of sp³-hybridized carbons (Fsp3) is 0.850. The standard InChI is InChI=1S/C20H32O6/c1-13-14-6-11-20(4)15(25-20)7-10-18(2,26-23)8-5-9-19(3,22)16(12-14)24-17(13)21/h5,8,13-16,22-23H,6-7,9-12H2,1-4H3/b8-5-/t13-,14+,15-,16+,18-,19-,20-/m0/s1. The third-order valence-electron chi connectivity index (χ3n) is 6.71. The van der Waals surface area contributed by atoms with E-state index >= 15 is 0 Å². The van der Waals surface area contributed by atoms with Gasteiger partial charge in [-0.15, -0.1) is 0 Å². The highest BCUT2D eigenvalue weighted by Gasteiger charge is 2.53. The Morgan fingerprint density at radius 3 is 2.62 bits per heavy atom. The van der Waals surface area contributed by atoms with E-state index in [2.05, 4.69) is 6.92 Å². The highest BCUT2D eigenvalue weighted by Crippen LogP contribution is 2.46. The molecule has 3 rings (SSSR count). The van der Waals surface area contributed by atoms with Crippen LogP contribution in [0.2, 0.25) is 0 Å². The lowest BCUT2D eigenvalue weighted by atomic mass is 9.76. The Labute approximate surface area is 155 Å². The SMILES string of the molecule is C[C@@H]1C(=O)O[C@@H]2C[C@H]1CC[C@]1(C)O[C@H]1CC[C@@](C)(OO)/C=C\C[C@]2(C)O. The second-order valence-electron chi connectivity index (χ2n) is 9.07. The molecule has 2 N–H and O–H groups in total. The van der Waals surface area contributed by atoms with E-state index in [1.807, 2.05) is 13.8 Å². The van der Waals surface area contributed by atoms with E-state index in [4.69, 9.17) is 14.4 Å². The van der Waals surface area contributed by atoms with E-state index in [1.54, 1.807) is 19.1 Å².